The molecule has 0 fully saturated rings. The van der Waals surface area contributed by atoms with Crippen LogP contribution in [-0.2, 0) is 6.18 Å². The minimum absolute atomic E-state index is 0.0121. The van der Waals surface area contributed by atoms with E-state index in [0.717, 1.165) is 12.1 Å². The number of halogens is 4. The molecule has 0 aromatic heterocycles. The van der Waals surface area contributed by atoms with Crippen LogP contribution < -0.4 is 16.0 Å². The summed E-state index contributed by atoms with van der Waals surface area (Å²) < 4.78 is 52.0. The Bertz CT molecular complexity index is 1180. The summed E-state index contributed by atoms with van der Waals surface area (Å²) in [6.45, 7) is -0.0929. The number of alkyl halides is 3. The van der Waals surface area contributed by atoms with Gasteiger partial charge in [0.25, 0.3) is 17.7 Å². The van der Waals surface area contributed by atoms with Gasteiger partial charge >= 0.3 is 6.18 Å². The van der Waals surface area contributed by atoms with Crippen LogP contribution in [0.15, 0.2) is 72.8 Å². The van der Waals surface area contributed by atoms with E-state index in [1.165, 1.54) is 60.7 Å². The molecule has 6 nitrogen and oxygen atoms in total. The molecular weight excluding hydrogens is 454 g/mol. The van der Waals surface area contributed by atoms with Gasteiger partial charge in [0.1, 0.15) is 5.82 Å². The highest BCUT2D eigenvalue weighted by Gasteiger charge is 2.34. The van der Waals surface area contributed by atoms with Crippen molar-refractivity contribution in [1.29, 1.82) is 0 Å². The standard InChI is InChI=1S/C24H19F4N3O3/c25-17-9-5-16(6-10-17)22(33)31-18-11-7-15(8-12-18)21(32)29-13-14-30-23(34)19-3-1-2-4-20(19)24(26,27)28/h1-12H,13-14H2,(H,29,32)(H,30,34)(H,31,33). The summed E-state index contributed by atoms with van der Waals surface area (Å²) in [6.07, 6.45) is -4.66. The Morgan fingerprint density at radius 3 is 1.82 bits per heavy atom. The lowest BCUT2D eigenvalue weighted by Crippen LogP contribution is -2.35. The number of carbonyl (C=O) groups is 3. The third kappa shape index (κ3) is 6.41. The van der Waals surface area contributed by atoms with E-state index in [1.54, 1.807) is 0 Å². The van der Waals surface area contributed by atoms with Crippen molar-refractivity contribution in [2.75, 3.05) is 18.4 Å². The monoisotopic (exact) mass is 473 g/mol. The summed E-state index contributed by atoms with van der Waals surface area (Å²) in [4.78, 5) is 36.5. The molecule has 176 valence electrons. The van der Waals surface area contributed by atoms with Crippen LogP contribution in [0, 0.1) is 5.82 Å². The smallest absolute Gasteiger partial charge is 0.350 e. The van der Waals surface area contributed by atoms with Crippen molar-refractivity contribution in [1.82, 2.24) is 10.6 Å². The molecule has 3 amide bonds. The van der Waals surface area contributed by atoms with Gasteiger partial charge in [-0.2, -0.15) is 13.2 Å². The number of nitrogens with one attached hydrogen (secondary N) is 3. The molecule has 0 saturated carbocycles. The second kappa shape index (κ2) is 10.6. The first-order valence-corrected chi connectivity index (χ1v) is 10.0. The van der Waals surface area contributed by atoms with Crippen LogP contribution in [0.2, 0.25) is 0 Å². The first kappa shape index (κ1) is 24.4. The van der Waals surface area contributed by atoms with Gasteiger partial charge in [0.05, 0.1) is 11.1 Å². The van der Waals surface area contributed by atoms with E-state index in [2.05, 4.69) is 16.0 Å². The Balaban J connectivity index is 1.48. The van der Waals surface area contributed by atoms with E-state index >= 15 is 0 Å². The van der Waals surface area contributed by atoms with Crippen LogP contribution in [0.3, 0.4) is 0 Å². The average Bonchev–Trinajstić information content (AvgIpc) is 2.82. The molecule has 0 heterocycles. The summed E-state index contributed by atoms with van der Waals surface area (Å²) in [6, 6.07) is 15.4. The Morgan fingerprint density at radius 2 is 1.21 bits per heavy atom. The summed E-state index contributed by atoms with van der Waals surface area (Å²) in [5, 5.41) is 7.51. The number of anilines is 1. The molecule has 3 aromatic rings. The lowest BCUT2D eigenvalue weighted by molar-refractivity contribution is -0.137. The highest BCUT2D eigenvalue weighted by Crippen LogP contribution is 2.31. The maximum absolute atomic E-state index is 13.0. The number of rotatable bonds is 7. The van der Waals surface area contributed by atoms with E-state index in [9.17, 15) is 31.9 Å². The zero-order valence-electron chi connectivity index (χ0n) is 17.6. The van der Waals surface area contributed by atoms with Crippen LogP contribution >= 0.6 is 0 Å². The molecule has 3 aromatic carbocycles. The van der Waals surface area contributed by atoms with Crippen LogP contribution in [0.4, 0.5) is 23.2 Å². The molecule has 0 radical (unpaired) electrons. The van der Waals surface area contributed by atoms with Crippen LogP contribution in [0.1, 0.15) is 36.6 Å². The fraction of sp³-hybridized carbons (Fsp3) is 0.125. The zero-order valence-corrected chi connectivity index (χ0v) is 17.6. The van der Waals surface area contributed by atoms with Gasteiger partial charge in [0.2, 0.25) is 0 Å². The number of hydrogen-bond donors (Lipinski definition) is 3. The molecule has 3 N–H and O–H groups in total. The first-order chi connectivity index (χ1) is 16.1. The quantitative estimate of drug-likeness (QED) is 0.354. The molecule has 10 heteroatoms. The van der Waals surface area contributed by atoms with E-state index in [1.807, 2.05) is 0 Å². The highest BCUT2D eigenvalue weighted by atomic mass is 19.4. The van der Waals surface area contributed by atoms with Crippen molar-refractivity contribution in [3.05, 3.63) is 101 Å². The average molecular weight is 473 g/mol. The molecule has 0 aliphatic heterocycles. The Hall–Kier alpha value is -4.21. The van der Waals surface area contributed by atoms with Crippen LogP contribution in [0.5, 0.6) is 0 Å². The van der Waals surface area contributed by atoms with Crippen molar-refractivity contribution in [2.24, 2.45) is 0 Å². The van der Waals surface area contributed by atoms with Gasteiger partial charge in [0.15, 0.2) is 0 Å². The SMILES string of the molecule is O=C(NCCNC(=O)c1ccccc1C(F)(F)F)c1ccc(NC(=O)c2ccc(F)cc2)cc1. The summed E-state index contributed by atoms with van der Waals surface area (Å²) >= 11 is 0. The molecule has 0 spiro atoms. The van der Waals surface area contributed by atoms with Gasteiger partial charge in [-0.05, 0) is 60.7 Å². The second-order valence-electron chi connectivity index (χ2n) is 7.09. The minimum Gasteiger partial charge on any atom is -0.350 e. The van der Waals surface area contributed by atoms with E-state index in [0.29, 0.717) is 5.69 Å². The van der Waals surface area contributed by atoms with Gasteiger partial charge in [0, 0.05) is 29.9 Å². The number of amides is 3. The fourth-order valence-electron chi connectivity index (χ4n) is 2.99. The molecule has 0 atom stereocenters. The normalized spacial score (nSPS) is 10.9. The highest BCUT2D eigenvalue weighted by molar-refractivity contribution is 6.04. The van der Waals surface area contributed by atoms with Crippen molar-refractivity contribution in [2.45, 2.75) is 6.18 Å². The lowest BCUT2D eigenvalue weighted by Gasteiger charge is -2.13. The maximum Gasteiger partial charge on any atom is 0.417 e. The second-order valence-corrected chi connectivity index (χ2v) is 7.09. The third-order valence-corrected chi connectivity index (χ3v) is 4.68. The number of benzene rings is 3. The van der Waals surface area contributed by atoms with Gasteiger partial charge in [-0.15, -0.1) is 0 Å². The molecule has 0 saturated heterocycles. The van der Waals surface area contributed by atoms with Crippen molar-refractivity contribution in [3.63, 3.8) is 0 Å². The van der Waals surface area contributed by atoms with Crippen LogP contribution in [0.25, 0.3) is 0 Å². The Labute approximate surface area is 192 Å². The van der Waals surface area contributed by atoms with Crippen molar-refractivity contribution < 1.29 is 31.9 Å². The van der Waals surface area contributed by atoms with E-state index < -0.39 is 40.8 Å². The topological polar surface area (TPSA) is 87.3 Å². The molecule has 0 aliphatic rings. The number of carbonyl (C=O) groups excluding carboxylic acids is 3. The predicted molar refractivity (Wildman–Crippen MR) is 117 cm³/mol. The maximum atomic E-state index is 13.0. The van der Waals surface area contributed by atoms with E-state index in [4.69, 9.17) is 0 Å². The summed E-state index contributed by atoms with van der Waals surface area (Å²) in [5.41, 5.74) is -0.583. The molecule has 0 unspecified atom stereocenters. The third-order valence-electron chi connectivity index (χ3n) is 4.68. The molecule has 0 aliphatic carbocycles. The molecule has 3 rings (SSSR count). The fourth-order valence-corrected chi connectivity index (χ4v) is 2.99. The van der Waals surface area contributed by atoms with Gasteiger partial charge in [-0.25, -0.2) is 4.39 Å². The van der Waals surface area contributed by atoms with E-state index in [-0.39, 0.29) is 24.2 Å². The summed E-state index contributed by atoms with van der Waals surface area (Å²) in [5.74, 6) is -2.28. The van der Waals surface area contributed by atoms with Crippen molar-refractivity contribution >= 4 is 23.4 Å². The van der Waals surface area contributed by atoms with Crippen molar-refractivity contribution in [3.8, 4) is 0 Å². The predicted octanol–water partition coefficient (Wildman–Crippen LogP) is 4.26. The minimum atomic E-state index is -4.66. The summed E-state index contributed by atoms with van der Waals surface area (Å²) in [7, 11) is 0. The zero-order chi connectivity index (χ0) is 24.7. The molecule has 0 bridgehead atoms. The van der Waals surface area contributed by atoms with Gasteiger partial charge < -0.3 is 16.0 Å². The first-order valence-electron chi connectivity index (χ1n) is 10.0. The number of hydrogen-bond acceptors (Lipinski definition) is 3. The van der Waals surface area contributed by atoms with Gasteiger partial charge in [-0.1, -0.05) is 12.1 Å². The van der Waals surface area contributed by atoms with Gasteiger partial charge in [-0.3, -0.25) is 14.4 Å². The Morgan fingerprint density at radius 1 is 0.676 bits per heavy atom. The molecular formula is C24H19F4N3O3. The molecule has 34 heavy (non-hydrogen) atoms. The Kier molecular flexibility index (Phi) is 7.62. The lowest BCUT2D eigenvalue weighted by atomic mass is 10.1. The largest absolute Gasteiger partial charge is 0.417 e. The van der Waals surface area contributed by atoms with Crippen LogP contribution in [-0.4, -0.2) is 30.8 Å².